The molecule has 0 aromatic rings. The van der Waals surface area contributed by atoms with Crippen LogP contribution < -0.4 is 0 Å². The molecule has 0 aliphatic carbocycles. The highest BCUT2D eigenvalue weighted by Gasteiger charge is 2.61. The molecule has 1 aliphatic rings. The fourth-order valence-electron chi connectivity index (χ4n) is 1.62. The van der Waals surface area contributed by atoms with Gasteiger partial charge in [0, 0.05) is 26.2 Å². The van der Waals surface area contributed by atoms with Crippen molar-refractivity contribution in [2.24, 2.45) is 0 Å². The molecule has 1 saturated heterocycles. The van der Waals surface area contributed by atoms with E-state index in [2.05, 4.69) is 0 Å². The summed E-state index contributed by atoms with van der Waals surface area (Å²) in [5.41, 5.74) is 0. The van der Waals surface area contributed by atoms with Crippen molar-refractivity contribution in [3.63, 3.8) is 0 Å². The van der Waals surface area contributed by atoms with Gasteiger partial charge in [-0.25, -0.2) is 4.90 Å². The average Bonchev–Trinajstić information content (AvgIpc) is 2.34. The highest BCUT2D eigenvalue weighted by Crippen LogP contribution is 2.39. The van der Waals surface area contributed by atoms with Crippen LogP contribution in [0, 0.1) is 0 Å². The summed E-state index contributed by atoms with van der Waals surface area (Å²) >= 11 is 0. The minimum atomic E-state index is -5.87. The Kier molecular flexibility index (Phi) is 4.71. The van der Waals surface area contributed by atoms with E-state index in [-0.39, 0.29) is 9.80 Å². The van der Waals surface area contributed by atoms with Crippen LogP contribution in [-0.2, 0) is 0 Å². The molecule has 0 N–H and O–H groups in total. The van der Waals surface area contributed by atoms with Crippen molar-refractivity contribution in [3.8, 4) is 0 Å². The minimum absolute atomic E-state index is 0.117. The van der Waals surface area contributed by atoms with Crippen molar-refractivity contribution in [2.75, 3.05) is 26.2 Å². The standard InChI is InChI=1S/C9H8F10N2/c10-5(7(12,13)14)6(11)20-1-3-21(4-2-20)9(18,19)8(15,16)17/h1-4H2/b6-5-. The molecule has 1 fully saturated rings. The minimum Gasteiger partial charge on any atom is -0.343 e. The van der Waals surface area contributed by atoms with Gasteiger partial charge in [-0.05, 0) is 0 Å². The van der Waals surface area contributed by atoms with E-state index in [1.165, 1.54) is 0 Å². The van der Waals surface area contributed by atoms with E-state index < -0.39 is 56.4 Å². The van der Waals surface area contributed by atoms with Crippen molar-refractivity contribution in [2.45, 2.75) is 18.4 Å². The molecule has 0 saturated carbocycles. The molecule has 0 bridgehead atoms. The lowest BCUT2D eigenvalue weighted by Crippen LogP contribution is -2.58. The Balaban J connectivity index is 2.78. The van der Waals surface area contributed by atoms with Crippen LogP contribution in [0.1, 0.15) is 0 Å². The molecule has 0 spiro atoms. The van der Waals surface area contributed by atoms with Crippen LogP contribution in [0.25, 0.3) is 0 Å². The summed E-state index contributed by atoms with van der Waals surface area (Å²) in [6.07, 6.45) is -11.5. The van der Waals surface area contributed by atoms with Crippen molar-refractivity contribution >= 4 is 0 Å². The molecule has 2 nitrogen and oxygen atoms in total. The van der Waals surface area contributed by atoms with Gasteiger partial charge in [0.1, 0.15) is 0 Å². The topological polar surface area (TPSA) is 6.48 Å². The second kappa shape index (κ2) is 5.54. The highest BCUT2D eigenvalue weighted by molar-refractivity contribution is 5.06. The van der Waals surface area contributed by atoms with Gasteiger partial charge in [0.25, 0.3) is 5.83 Å². The number of allylic oxidation sites excluding steroid dienone is 1. The molecule has 124 valence electrons. The van der Waals surface area contributed by atoms with Crippen LogP contribution in [0.3, 0.4) is 0 Å². The molecule has 1 aliphatic heterocycles. The van der Waals surface area contributed by atoms with E-state index in [1.54, 1.807) is 0 Å². The Bertz CT molecular complexity index is 402. The fraction of sp³-hybridized carbons (Fsp3) is 0.778. The third kappa shape index (κ3) is 3.71. The molecule has 0 aromatic carbocycles. The molecule has 1 rings (SSSR count). The maximum Gasteiger partial charge on any atom is 0.469 e. The maximum atomic E-state index is 13.1. The second-order valence-electron chi connectivity index (χ2n) is 4.12. The maximum absolute atomic E-state index is 13.1. The number of piperazine rings is 1. The number of rotatable bonds is 2. The smallest absolute Gasteiger partial charge is 0.343 e. The fourth-order valence-corrected chi connectivity index (χ4v) is 1.62. The first-order valence-corrected chi connectivity index (χ1v) is 5.35. The first-order valence-electron chi connectivity index (χ1n) is 5.35. The first-order chi connectivity index (χ1) is 9.28. The van der Waals surface area contributed by atoms with Gasteiger partial charge in [-0.15, -0.1) is 0 Å². The summed E-state index contributed by atoms with van der Waals surface area (Å²) in [4.78, 5) is -0.242. The Morgan fingerprint density at radius 2 is 1.14 bits per heavy atom. The van der Waals surface area contributed by atoms with E-state index in [4.69, 9.17) is 0 Å². The van der Waals surface area contributed by atoms with Gasteiger partial charge in [0.05, 0.1) is 0 Å². The molecule has 0 aromatic heterocycles. The monoisotopic (exact) mass is 334 g/mol. The first kappa shape index (κ1) is 17.9. The largest absolute Gasteiger partial charge is 0.469 e. The summed E-state index contributed by atoms with van der Waals surface area (Å²) in [5, 5.41) is 0. The van der Waals surface area contributed by atoms with E-state index in [1.807, 2.05) is 0 Å². The van der Waals surface area contributed by atoms with Gasteiger partial charge < -0.3 is 4.90 Å². The van der Waals surface area contributed by atoms with E-state index in [9.17, 15) is 43.9 Å². The summed E-state index contributed by atoms with van der Waals surface area (Å²) in [6, 6.07) is -5.19. The van der Waals surface area contributed by atoms with Crippen LogP contribution in [0.5, 0.6) is 0 Å². The summed E-state index contributed by atoms with van der Waals surface area (Å²) in [5.74, 6) is -5.39. The van der Waals surface area contributed by atoms with Gasteiger partial charge in [-0.2, -0.15) is 43.9 Å². The highest BCUT2D eigenvalue weighted by atomic mass is 19.4. The van der Waals surface area contributed by atoms with Crippen molar-refractivity contribution in [1.82, 2.24) is 9.80 Å². The molecule has 0 atom stereocenters. The van der Waals surface area contributed by atoms with E-state index in [0.717, 1.165) is 0 Å². The number of hydrogen-bond donors (Lipinski definition) is 0. The van der Waals surface area contributed by atoms with Gasteiger partial charge >= 0.3 is 18.4 Å². The van der Waals surface area contributed by atoms with Gasteiger partial charge in [-0.3, -0.25) is 0 Å². The van der Waals surface area contributed by atoms with Crippen molar-refractivity contribution in [3.05, 3.63) is 11.8 Å². The molecule has 0 radical (unpaired) electrons. The molecular weight excluding hydrogens is 326 g/mol. The lowest BCUT2D eigenvalue weighted by atomic mass is 10.3. The average molecular weight is 334 g/mol. The zero-order valence-corrected chi connectivity index (χ0v) is 10.0. The predicted molar refractivity (Wildman–Crippen MR) is 49.4 cm³/mol. The third-order valence-electron chi connectivity index (χ3n) is 2.73. The molecule has 1 heterocycles. The summed E-state index contributed by atoms with van der Waals surface area (Å²) < 4.78 is 123. The van der Waals surface area contributed by atoms with Crippen LogP contribution in [0.2, 0.25) is 0 Å². The zero-order valence-electron chi connectivity index (χ0n) is 10.0. The Labute approximate surface area is 111 Å². The third-order valence-corrected chi connectivity index (χ3v) is 2.73. The lowest BCUT2D eigenvalue weighted by molar-refractivity contribution is -0.343. The van der Waals surface area contributed by atoms with Crippen molar-refractivity contribution < 1.29 is 43.9 Å². The Hall–Kier alpha value is -1.20. The molecule has 0 amide bonds. The normalized spacial score (nSPS) is 20.6. The lowest BCUT2D eigenvalue weighted by Gasteiger charge is -2.39. The summed E-state index contributed by atoms with van der Waals surface area (Å²) in [6.45, 7) is -4.04. The van der Waals surface area contributed by atoms with Gasteiger partial charge in [0.2, 0.25) is 5.95 Å². The molecule has 12 heteroatoms. The van der Waals surface area contributed by atoms with E-state index in [0.29, 0.717) is 0 Å². The zero-order chi connectivity index (χ0) is 16.6. The number of halogens is 10. The quantitative estimate of drug-likeness (QED) is 0.564. The Morgan fingerprint density at radius 1 is 0.714 bits per heavy atom. The number of nitrogens with zero attached hydrogens (tertiary/aromatic N) is 2. The predicted octanol–water partition coefficient (Wildman–Crippen LogP) is 3.43. The van der Waals surface area contributed by atoms with E-state index >= 15 is 0 Å². The van der Waals surface area contributed by atoms with Crippen molar-refractivity contribution in [1.29, 1.82) is 0 Å². The number of alkyl halides is 8. The second-order valence-corrected chi connectivity index (χ2v) is 4.12. The molecular formula is C9H8F10N2. The molecule has 0 unspecified atom stereocenters. The molecule has 21 heavy (non-hydrogen) atoms. The SMILES string of the molecule is F/C(=C(/F)C(F)(F)F)N1CCN(C(F)(F)C(F)(F)F)CC1. The van der Waals surface area contributed by atoms with Crippen LogP contribution >= 0.6 is 0 Å². The van der Waals surface area contributed by atoms with Crippen LogP contribution in [0.4, 0.5) is 43.9 Å². The number of hydrogen-bond acceptors (Lipinski definition) is 2. The van der Waals surface area contributed by atoms with Gasteiger partial charge in [0.15, 0.2) is 0 Å². The Morgan fingerprint density at radius 3 is 1.48 bits per heavy atom. The summed E-state index contributed by atoms with van der Waals surface area (Å²) in [7, 11) is 0. The van der Waals surface area contributed by atoms with Crippen LogP contribution in [-0.4, -0.2) is 54.4 Å². The van der Waals surface area contributed by atoms with Gasteiger partial charge in [-0.1, -0.05) is 0 Å². The van der Waals surface area contributed by atoms with Crippen LogP contribution in [0.15, 0.2) is 11.8 Å².